The minimum Gasteiger partial charge on any atom is -0.481 e. The van der Waals surface area contributed by atoms with E-state index in [1.54, 1.807) is 13.8 Å². The molecule has 4 fully saturated rings. The van der Waals surface area contributed by atoms with Gasteiger partial charge in [-0.25, -0.2) is 0 Å². The second kappa shape index (κ2) is 10.8. The third-order valence-electron chi connectivity index (χ3n) is 13.9. The van der Waals surface area contributed by atoms with Crippen LogP contribution in [0, 0.1) is 56.7 Å². The maximum Gasteiger partial charge on any atom is 0.312 e. The van der Waals surface area contributed by atoms with Gasteiger partial charge in [0.15, 0.2) is 0 Å². The zero-order valence-corrected chi connectivity index (χ0v) is 27.1. The Hall–Kier alpha value is -2.63. The van der Waals surface area contributed by atoms with Gasteiger partial charge in [0.05, 0.1) is 17.3 Å². The fourth-order valence-corrected chi connectivity index (χ4v) is 11.6. The van der Waals surface area contributed by atoms with Crippen molar-refractivity contribution in [2.75, 3.05) is 0 Å². The first-order chi connectivity index (χ1) is 20.0. The Kier molecular flexibility index (Phi) is 7.96. The summed E-state index contributed by atoms with van der Waals surface area (Å²) in [5, 5.41) is 20.4. The predicted octanol–water partition coefficient (Wildman–Crippen LogP) is 8.15. The Morgan fingerprint density at radius 2 is 1.60 bits per heavy atom. The van der Waals surface area contributed by atoms with Crippen LogP contribution >= 0.6 is 0 Å². The molecule has 5 rings (SSSR count). The highest BCUT2D eigenvalue weighted by atomic mass is 16.5. The number of esters is 1. The second-order valence-electron chi connectivity index (χ2n) is 16.0. The molecule has 0 aromatic heterocycles. The van der Waals surface area contributed by atoms with E-state index < -0.39 is 28.2 Å². The van der Waals surface area contributed by atoms with Gasteiger partial charge in [0, 0.05) is 0 Å². The molecule has 6 nitrogen and oxygen atoms in total. The maximum absolute atomic E-state index is 14.2. The molecule has 9 atom stereocenters. The van der Waals surface area contributed by atoms with Crippen molar-refractivity contribution >= 4 is 17.9 Å². The highest BCUT2D eigenvalue weighted by Crippen LogP contribution is 2.76. The number of aliphatic carboxylic acids is 2. The van der Waals surface area contributed by atoms with Gasteiger partial charge in [-0.1, -0.05) is 63.3 Å². The molecule has 0 saturated heterocycles. The Bertz CT molecular complexity index is 1290. The number of carbonyl (C=O) groups is 3. The first-order valence-electron chi connectivity index (χ1n) is 16.4. The lowest BCUT2D eigenvalue weighted by atomic mass is 9.33. The molecule has 4 aliphatic carbocycles. The SMILES string of the molecule is C=C(C)[C@@H]1CC[C@]2(C(=O)OCc3ccccc3)CC[C@]3(C)[C@H](CC[C@@H]4[C@@](C)(CC(=O)O)[C@H](C(C)(C)C(=O)O)CC[C@]43C)[C@@H]12. The molecular formula is C37H52O6. The van der Waals surface area contributed by atoms with Gasteiger partial charge in [-0.15, -0.1) is 0 Å². The Balaban J connectivity index is 1.52. The highest BCUT2D eigenvalue weighted by molar-refractivity contribution is 5.78. The predicted molar refractivity (Wildman–Crippen MR) is 166 cm³/mol. The van der Waals surface area contributed by atoms with E-state index in [1.807, 2.05) is 30.3 Å². The molecule has 0 spiro atoms. The molecule has 0 unspecified atom stereocenters. The molecule has 0 heterocycles. The first kappa shape index (κ1) is 31.8. The molecule has 0 aliphatic heterocycles. The lowest BCUT2D eigenvalue weighted by molar-refractivity contribution is -0.234. The minimum absolute atomic E-state index is 0.0249. The molecular weight excluding hydrogens is 540 g/mol. The van der Waals surface area contributed by atoms with E-state index >= 15 is 0 Å². The molecule has 6 heteroatoms. The Labute approximate surface area is 257 Å². The Morgan fingerprint density at radius 1 is 0.930 bits per heavy atom. The lowest BCUT2D eigenvalue weighted by Crippen LogP contribution is -2.66. The van der Waals surface area contributed by atoms with Crippen molar-refractivity contribution in [3.63, 3.8) is 0 Å². The van der Waals surface area contributed by atoms with Gasteiger partial charge < -0.3 is 14.9 Å². The average molecular weight is 593 g/mol. The number of rotatable bonds is 8. The van der Waals surface area contributed by atoms with Gasteiger partial charge in [0.2, 0.25) is 0 Å². The topological polar surface area (TPSA) is 101 Å². The number of carboxylic acid groups (broad SMARTS) is 2. The fourth-order valence-electron chi connectivity index (χ4n) is 11.6. The summed E-state index contributed by atoms with van der Waals surface area (Å²) in [6, 6.07) is 9.87. The molecule has 1 aromatic rings. The summed E-state index contributed by atoms with van der Waals surface area (Å²) >= 11 is 0. The third-order valence-corrected chi connectivity index (χ3v) is 13.9. The van der Waals surface area contributed by atoms with Gasteiger partial charge >= 0.3 is 17.9 Å². The first-order valence-corrected chi connectivity index (χ1v) is 16.4. The number of carbonyl (C=O) groups excluding carboxylic acids is 1. The van der Waals surface area contributed by atoms with Crippen LogP contribution in [0.2, 0.25) is 0 Å². The van der Waals surface area contributed by atoms with E-state index in [0.717, 1.165) is 56.1 Å². The number of carboxylic acids is 2. The van der Waals surface area contributed by atoms with Gasteiger partial charge in [-0.2, -0.15) is 0 Å². The summed E-state index contributed by atoms with van der Waals surface area (Å²) in [5.74, 6) is -1.26. The van der Waals surface area contributed by atoms with Gasteiger partial charge in [-0.3, -0.25) is 14.4 Å². The summed E-state index contributed by atoms with van der Waals surface area (Å²) in [5.41, 5.74) is -0.357. The fraction of sp³-hybridized carbons (Fsp3) is 0.703. The van der Waals surface area contributed by atoms with Crippen molar-refractivity contribution in [3.8, 4) is 0 Å². The number of benzene rings is 1. The van der Waals surface area contributed by atoms with Crippen molar-refractivity contribution < 1.29 is 29.3 Å². The lowest BCUT2D eigenvalue weighted by Gasteiger charge is -2.71. The van der Waals surface area contributed by atoms with Crippen LogP contribution in [-0.4, -0.2) is 28.1 Å². The molecule has 0 amide bonds. The summed E-state index contributed by atoms with van der Waals surface area (Å²) in [7, 11) is 0. The molecule has 1 aromatic carbocycles. The molecule has 4 saturated carbocycles. The summed E-state index contributed by atoms with van der Waals surface area (Å²) in [4.78, 5) is 39.0. The van der Waals surface area contributed by atoms with Crippen molar-refractivity contribution in [1.82, 2.24) is 0 Å². The van der Waals surface area contributed by atoms with Crippen LogP contribution in [0.5, 0.6) is 0 Å². The molecule has 4 aliphatic rings. The second-order valence-corrected chi connectivity index (χ2v) is 16.0. The standard InChI is InChI=1S/C37H52O6/c1-23(2)25-15-18-37(32(42)43-22-24-11-9-8-10-12-24)20-19-35(6)26(30(25)37)13-14-28-34(5,21-29(38)39)27(16-17-36(28,35)7)33(3,4)31(40)41/h8-12,25-28,30H,1,13-22H2,2-7H3,(H,38,39)(H,40,41)/t25-,26+,27-,28+,30+,34-,35+,36+,37-/m0/s1. The summed E-state index contributed by atoms with van der Waals surface area (Å²) < 4.78 is 6.11. The largest absolute Gasteiger partial charge is 0.481 e. The number of allylic oxidation sites excluding steroid dienone is 1. The normalized spacial score (nSPS) is 40.5. The van der Waals surface area contributed by atoms with Crippen LogP contribution in [0.15, 0.2) is 42.5 Å². The molecule has 0 bridgehead atoms. The molecule has 43 heavy (non-hydrogen) atoms. The highest BCUT2D eigenvalue weighted by Gasteiger charge is 2.72. The number of hydrogen-bond acceptors (Lipinski definition) is 4. The van der Waals surface area contributed by atoms with Gasteiger partial charge in [0.25, 0.3) is 0 Å². The van der Waals surface area contributed by atoms with Crippen LogP contribution in [0.25, 0.3) is 0 Å². The summed E-state index contributed by atoms with van der Waals surface area (Å²) in [6.07, 6.45) is 6.72. The van der Waals surface area contributed by atoms with Crippen LogP contribution in [0.1, 0.15) is 105 Å². The quantitative estimate of drug-likeness (QED) is 0.233. The molecule has 0 radical (unpaired) electrons. The van der Waals surface area contributed by atoms with Crippen molar-refractivity contribution in [2.45, 2.75) is 106 Å². The maximum atomic E-state index is 14.2. The van der Waals surface area contributed by atoms with Gasteiger partial charge in [0.1, 0.15) is 6.61 Å². The zero-order chi connectivity index (χ0) is 31.6. The van der Waals surface area contributed by atoms with Crippen LogP contribution in [-0.2, 0) is 25.7 Å². The number of ether oxygens (including phenoxy) is 1. The van der Waals surface area contributed by atoms with Crippen molar-refractivity contribution in [2.24, 2.45) is 56.7 Å². The molecule has 2 N–H and O–H groups in total. The van der Waals surface area contributed by atoms with Crippen LogP contribution in [0.4, 0.5) is 0 Å². The van der Waals surface area contributed by atoms with E-state index in [-0.39, 0.29) is 59.4 Å². The van der Waals surface area contributed by atoms with Crippen molar-refractivity contribution in [1.29, 1.82) is 0 Å². The van der Waals surface area contributed by atoms with E-state index in [1.165, 1.54) is 0 Å². The van der Waals surface area contributed by atoms with E-state index in [2.05, 4.69) is 34.3 Å². The van der Waals surface area contributed by atoms with Gasteiger partial charge in [-0.05, 0) is 124 Å². The van der Waals surface area contributed by atoms with Crippen LogP contribution < -0.4 is 0 Å². The molecule has 236 valence electrons. The minimum atomic E-state index is -1.02. The zero-order valence-electron chi connectivity index (χ0n) is 27.1. The number of fused-ring (bicyclic) bond motifs is 5. The Morgan fingerprint density at radius 3 is 2.21 bits per heavy atom. The van der Waals surface area contributed by atoms with E-state index in [0.29, 0.717) is 6.42 Å². The van der Waals surface area contributed by atoms with Crippen molar-refractivity contribution in [3.05, 3.63) is 48.0 Å². The summed E-state index contributed by atoms with van der Waals surface area (Å²) in [6.45, 7) is 17.2. The van der Waals surface area contributed by atoms with Crippen LogP contribution in [0.3, 0.4) is 0 Å². The smallest absolute Gasteiger partial charge is 0.312 e. The number of hydrogen-bond donors (Lipinski definition) is 2. The third kappa shape index (κ3) is 4.68. The monoisotopic (exact) mass is 592 g/mol. The van der Waals surface area contributed by atoms with E-state index in [4.69, 9.17) is 4.74 Å². The average Bonchev–Trinajstić information content (AvgIpc) is 3.33. The van der Waals surface area contributed by atoms with E-state index in [9.17, 15) is 24.6 Å².